The van der Waals surface area contributed by atoms with Gasteiger partial charge < -0.3 is 4.74 Å². The van der Waals surface area contributed by atoms with Gasteiger partial charge in [0.15, 0.2) is 12.4 Å². The molecule has 0 aliphatic heterocycles. The molecule has 7 heteroatoms. The van der Waals surface area contributed by atoms with Crippen LogP contribution in [-0.2, 0) is 16.1 Å². The maximum absolute atomic E-state index is 12.2. The Balaban J connectivity index is 1.53. The summed E-state index contributed by atoms with van der Waals surface area (Å²) in [5.41, 5.74) is 0.491. The van der Waals surface area contributed by atoms with E-state index in [9.17, 15) is 19.2 Å². The highest BCUT2D eigenvalue weighted by Gasteiger charge is 2.16. The molecule has 1 aromatic carbocycles. The van der Waals surface area contributed by atoms with E-state index in [2.05, 4.69) is 0 Å². The lowest BCUT2D eigenvalue weighted by Gasteiger charge is -2.22. The Morgan fingerprint density at radius 1 is 1.04 bits per heavy atom. The number of nitrogens with zero attached hydrogens (tertiary/aromatic N) is 1. The Bertz CT molecular complexity index is 920. The minimum atomic E-state index is -0.726. The number of aromatic amines is 1. The van der Waals surface area contributed by atoms with Crippen molar-refractivity contribution in [1.82, 2.24) is 9.55 Å². The highest BCUT2D eigenvalue weighted by molar-refractivity contribution is 5.97. The van der Waals surface area contributed by atoms with Gasteiger partial charge in [-0.05, 0) is 24.3 Å². The van der Waals surface area contributed by atoms with Crippen molar-refractivity contribution in [2.45, 2.75) is 44.6 Å². The third-order valence-corrected chi connectivity index (χ3v) is 4.87. The van der Waals surface area contributed by atoms with Gasteiger partial charge in [-0.2, -0.15) is 0 Å². The fourth-order valence-corrected chi connectivity index (χ4v) is 3.36. The summed E-state index contributed by atoms with van der Waals surface area (Å²) in [4.78, 5) is 48.6. The second-order valence-electron chi connectivity index (χ2n) is 6.78. The second kappa shape index (κ2) is 8.62. The van der Waals surface area contributed by atoms with Gasteiger partial charge in [0.05, 0.1) is 0 Å². The van der Waals surface area contributed by atoms with Gasteiger partial charge in [0, 0.05) is 17.8 Å². The summed E-state index contributed by atoms with van der Waals surface area (Å²) in [7, 11) is 0. The minimum absolute atomic E-state index is 0.299. The van der Waals surface area contributed by atoms with E-state index in [-0.39, 0.29) is 18.9 Å². The van der Waals surface area contributed by atoms with Crippen molar-refractivity contribution < 1.29 is 14.3 Å². The van der Waals surface area contributed by atoms with Crippen LogP contribution in [0.3, 0.4) is 0 Å². The standard InChI is InChI=1S/C20H22N2O5/c23-17(13-27-19(25)12-22-11-10-18(24)21-20(22)26)16-8-6-15(7-9-16)14-4-2-1-3-5-14/h6-11,14H,1-5,12-13H2,(H,21,24,26). The monoisotopic (exact) mass is 370 g/mol. The van der Waals surface area contributed by atoms with Gasteiger partial charge in [-0.1, -0.05) is 43.5 Å². The van der Waals surface area contributed by atoms with Gasteiger partial charge in [-0.25, -0.2) is 4.79 Å². The van der Waals surface area contributed by atoms with Gasteiger partial charge >= 0.3 is 11.7 Å². The molecule has 1 aliphatic rings. The topological polar surface area (TPSA) is 98.2 Å². The van der Waals surface area contributed by atoms with Crippen molar-refractivity contribution in [3.8, 4) is 0 Å². The molecule has 0 radical (unpaired) electrons. The van der Waals surface area contributed by atoms with Gasteiger partial charge in [-0.15, -0.1) is 0 Å². The number of ketones is 1. The molecule has 0 amide bonds. The number of hydrogen-bond donors (Lipinski definition) is 1. The first-order valence-corrected chi connectivity index (χ1v) is 9.11. The maximum Gasteiger partial charge on any atom is 0.328 e. The molecule has 27 heavy (non-hydrogen) atoms. The Hall–Kier alpha value is -2.96. The number of aromatic nitrogens is 2. The number of rotatable bonds is 6. The Morgan fingerprint density at radius 3 is 2.41 bits per heavy atom. The minimum Gasteiger partial charge on any atom is -0.456 e. The summed E-state index contributed by atoms with van der Waals surface area (Å²) in [5, 5.41) is 0. The Morgan fingerprint density at radius 2 is 1.74 bits per heavy atom. The number of H-pyrrole nitrogens is 1. The van der Waals surface area contributed by atoms with Crippen molar-refractivity contribution in [3.05, 3.63) is 68.5 Å². The van der Waals surface area contributed by atoms with Gasteiger partial charge in [0.2, 0.25) is 0 Å². The number of Topliss-reactive ketones (excluding diaryl/α,β-unsaturated/α-hetero) is 1. The SMILES string of the molecule is O=C(Cn1ccc(=O)[nH]c1=O)OCC(=O)c1ccc(C2CCCCC2)cc1. The lowest BCUT2D eigenvalue weighted by molar-refractivity contribution is -0.143. The van der Waals surface area contributed by atoms with E-state index in [0.717, 1.165) is 10.6 Å². The van der Waals surface area contributed by atoms with E-state index < -0.39 is 17.2 Å². The van der Waals surface area contributed by atoms with Crippen molar-refractivity contribution in [3.63, 3.8) is 0 Å². The number of benzene rings is 1. The highest BCUT2D eigenvalue weighted by atomic mass is 16.5. The molecule has 2 aromatic rings. The fourth-order valence-electron chi connectivity index (χ4n) is 3.36. The molecule has 1 aromatic heterocycles. The Kier molecular flexibility index (Phi) is 6.01. The summed E-state index contributed by atoms with van der Waals surface area (Å²) >= 11 is 0. The summed E-state index contributed by atoms with van der Waals surface area (Å²) in [5.74, 6) is -0.458. The first kappa shape index (κ1) is 18.8. The van der Waals surface area contributed by atoms with Gasteiger partial charge in [-0.3, -0.25) is 23.9 Å². The summed E-state index contributed by atoms with van der Waals surface area (Å²) in [6.07, 6.45) is 7.38. The lowest BCUT2D eigenvalue weighted by Crippen LogP contribution is -2.31. The zero-order valence-electron chi connectivity index (χ0n) is 15.0. The van der Waals surface area contributed by atoms with Crippen LogP contribution in [0.2, 0.25) is 0 Å². The van der Waals surface area contributed by atoms with Crippen LogP contribution in [0, 0.1) is 0 Å². The molecule has 0 spiro atoms. The van der Waals surface area contributed by atoms with Crippen LogP contribution in [-0.4, -0.2) is 27.9 Å². The molecule has 0 saturated heterocycles. The van der Waals surface area contributed by atoms with Crippen molar-refractivity contribution >= 4 is 11.8 Å². The molecule has 1 heterocycles. The zero-order valence-corrected chi connectivity index (χ0v) is 15.0. The second-order valence-corrected chi connectivity index (χ2v) is 6.78. The lowest BCUT2D eigenvalue weighted by atomic mass is 9.84. The highest BCUT2D eigenvalue weighted by Crippen LogP contribution is 2.32. The summed E-state index contributed by atoms with van der Waals surface area (Å²) in [6, 6.07) is 8.63. The number of hydrogen-bond acceptors (Lipinski definition) is 5. The van der Waals surface area contributed by atoms with Crippen molar-refractivity contribution in [2.24, 2.45) is 0 Å². The smallest absolute Gasteiger partial charge is 0.328 e. The first-order valence-electron chi connectivity index (χ1n) is 9.11. The molecule has 1 aliphatic carbocycles. The third-order valence-electron chi connectivity index (χ3n) is 4.87. The fraction of sp³-hybridized carbons (Fsp3) is 0.400. The number of carbonyl (C=O) groups is 2. The summed E-state index contributed by atoms with van der Waals surface area (Å²) < 4.78 is 5.96. The molecule has 0 atom stereocenters. The average molecular weight is 370 g/mol. The molecular weight excluding hydrogens is 348 g/mol. The molecular formula is C20H22N2O5. The van der Waals surface area contributed by atoms with E-state index in [4.69, 9.17) is 4.74 Å². The van der Waals surface area contributed by atoms with E-state index in [1.807, 2.05) is 17.1 Å². The summed E-state index contributed by atoms with van der Waals surface area (Å²) in [6.45, 7) is -0.761. The molecule has 142 valence electrons. The van der Waals surface area contributed by atoms with E-state index in [0.29, 0.717) is 11.5 Å². The Labute approximate surface area is 156 Å². The third kappa shape index (κ3) is 5.03. The molecule has 7 nitrogen and oxygen atoms in total. The number of nitrogens with one attached hydrogen (secondary N) is 1. The number of ether oxygens (including phenoxy) is 1. The van der Waals surface area contributed by atoms with Crippen LogP contribution in [0.25, 0.3) is 0 Å². The van der Waals surface area contributed by atoms with Crippen LogP contribution in [0.4, 0.5) is 0 Å². The molecule has 0 bridgehead atoms. The normalized spacial score (nSPS) is 14.7. The largest absolute Gasteiger partial charge is 0.456 e. The van der Waals surface area contributed by atoms with Crippen LogP contribution < -0.4 is 11.2 Å². The van der Waals surface area contributed by atoms with Gasteiger partial charge in [0.25, 0.3) is 5.56 Å². The predicted molar refractivity (Wildman–Crippen MR) is 98.9 cm³/mol. The van der Waals surface area contributed by atoms with Crippen LogP contribution in [0.15, 0.2) is 46.1 Å². The first-order chi connectivity index (χ1) is 13.0. The van der Waals surface area contributed by atoms with Crippen LogP contribution >= 0.6 is 0 Å². The molecule has 1 N–H and O–H groups in total. The van der Waals surface area contributed by atoms with E-state index in [1.54, 1.807) is 12.1 Å². The van der Waals surface area contributed by atoms with Crippen molar-refractivity contribution in [2.75, 3.05) is 6.61 Å². The predicted octanol–water partition coefficient (Wildman–Crippen LogP) is 2.01. The molecule has 1 saturated carbocycles. The quantitative estimate of drug-likeness (QED) is 0.619. The zero-order chi connectivity index (χ0) is 19.2. The maximum atomic E-state index is 12.2. The molecule has 0 unspecified atom stereocenters. The van der Waals surface area contributed by atoms with Gasteiger partial charge in [0.1, 0.15) is 6.54 Å². The van der Waals surface area contributed by atoms with Crippen LogP contribution in [0.5, 0.6) is 0 Å². The van der Waals surface area contributed by atoms with E-state index in [1.165, 1.54) is 43.9 Å². The molecule has 3 rings (SSSR count). The van der Waals surface area contributed by atoms with E-state index >= 15 is 0 Å². The molecule has 1 fully saturated rings. The van der Waals surface area contributed by atoms with Crippen molar-refractivity contribution in [1.29, 1.82) is 0 Å². The number of carbonyl (C=O) groups excluding carboxylic acids is 2. The van der Waals surface area contributed by atoms with Crippen LogP contribution in [0.1, 0.15) is 53.9 Å². The number of esters is 1. The average Bonchev–Trinajstić information content (AvgIpc) is 2.69.